The Hall–Kier alpha value is -0.520. The third-order valence-electron chi connectivity index (χ3n) is 2.12. The van der Waals surface area contributed by atoms with Gasteiger partial charge in [-0.2, -0.15) is 0 Å². The predicted molar refractivity (Wildman–Crippen MR) is 45.1 cm³/mol. The molecule has 0 aromatic carbocycles. The summed E-state index contributed by atoms with van der Waals surface area (Å²) in [5, 5.41) is 0. The first-order chi connectivity index (χ1) is 5.38. The molecular formula is C9H15NO. The molecule has 1 rings (SSSR count). The molecule has 1 aliphatic heterocycles. The van der Waals surface area contributed by atoms with Gasteiger partial charge in [0, 0.05) is 13.7 Å². The van der Waals surface area contributed by atoms with Crippen LogP contribution in [0.1, 0.15) is 19.3 Å². The van der Waals surface area contributed by atoms with Crippen LogP contribution in [-0.4, -0.2) is 31.3 Å². The van der Waals surface area contributed by atoms with Crippen molar-refractivity contribution in [1.82, 2.24) is 4.90 Å². The molecule has 2 heteroatoms. The lowest BCUT2D eigenvalue weighted by Crippen LogP contribution is -2.40. The van der Waals surface area contributed by atoms with E-state index in [2.05, 4.69) is 10.8 Å². The Kier molecular flexibility index (Phi) is 3.41. The van der Waals surface area contributed by atoms with Crippen LogP contribution in [0.15, 0.2) is 0 Å². The number of piperidine rings is 1. The van der Waals surface area contributed by atoms with E-state index in [9.17, 15) is 0 Å². The largest absolute Gasteiger partial charge is 0.366 e. The minimum atomic E-state index is 0.264. The Morgan fingerprint density at radius 3 is 3.09 bits per heavy atom. The quantitative estimate of drug-likeness (QED) is 0.550. The van der Waals surface area contributed by atoms with Crippen LogP contribution in [0, 0.1) is 12.3 Å². The summed E-state index contributed by atoms with van der Waals surface area (Å²) in [5.41, 5.74) is 0. The van der Waals surface area contributed by atoms with Crippen molar-refractivity contribution in [2.24, 2.45) is 0 Å². The van der Waals surface area contributed by atoms with Crippen LogP contribution < -0.4 is 0 Å². The van der Waals surface area contributed by atoms with Crippen LogP contribution in [0.4, 0.5) is 0 Å². The summed E-state index contributed by atoms with van der Waals surface area (Å²) in [4.78, 5) is 2.21. The van der Waals surface area contributed by atoms with Crippen LogP contribution in [0.5, 0.6) is 0 Å². The molecule has 0 aliphatic carbocycles. The Morgan fingerprint density at radius 2 is 2.45 bits per heavy atom. The Bertz CT molecular complexity index is 150. The molecule has 2 nitrogen and oxygen atoms in total. The normalized spacial score (nSPS) is 26.4. The van der Waals surface area contributed by atoms with Crippen molar-refractivity contribution in [3.05, 3.63) is 0 Å². The summed E-state index contributed by atoms with van der Waals surface area (Å²) in [6.07, 6.45) is 9.13. The molecule has 1 aliphatic rings. The molecule has 1 fully saturated rings. The Labute approximate surface area is 68.5 Å². The van der Waals surface area contributed by atoms with Crippen molar-refractivity contribution >= 4 is 0 Å². The van der Waals surface area contributed by atoms with E-state index >= 15 is 0 Å². The van der Waals surface area contributed by atoms with Gasteiger partial charge in [-0.15, -0.1) is 6.42 Å². The maximum atomic E-state index is 5.29. The van der Waals surface area contributed by atoms with Crippen LogP contribution in [0.2, 0.25) is 0 Å². The van der Waals surface area contributed by atoms with E-state index in [-0.39, 0.29) is 6.23 Å². The summed E-state index contributed by atoms with van der Waals surface area (Å²) in [6.45, 7) is 1.81. The van der Waals surface area contributed by atoms with Gasteiger partial charge in [-0.3, -0.25) is 4.90 Å². The zero-order chi connectivity index (χ0) is 8.10. The van der Waals surface area contributed by atoms with E-state index in [0.717, 1.165) is 19.5 Å². The number of ether oxygens (including phenoxy) is 1. The van der Waals surface area contributed by atoms with Crippen molar-refractivity contribution in [2.45, 2.75) is 25.5 Å². The van der Waals surface area contributed by atoms with Crippen LogP contribution in [0.3, 0.4) is 0 Å². The molecule has 0 N–H and O–H groups in total. The van der Waals surface area contributed by atoms with Crippen LogP contribution in [0.25, 0.3) is 0 Å². The molecule has 1 saturated heterocycles. The van der Waals surface area contributed by atoms with Gasteiger partial charge in [0.2, 0.25) is 0 Å². The monoisotopic (exact) mass is 153 g/mol. The Balaban J connectivity index is 2.39. The van der Waals surface area contributed by atoms with E-state index in [0.29, 0.717) is 0 Å². The fraction of sp³-hybridized carbons (Fsp3) is 0.778. The lowest BCUT2D eigenvalue weighted by atomic mass is 10.1. The zero-order valence-corrected chi connectivity index (χ0v) is 7.05. The van der Waals surface area contributed by atoms with Gasteiger partial charge in [-0.25, -0.2) is 0 Å². The summed E-state index contributed by atoms with van der Waals surface area (Å²) < 4.78 is 5.29. The average Bonchev–Trinajstić information content (AvgIpc) is 2.06. The van der Waals surface area contributed by atoms with Crippen molar-refractivity contribution in [1.29, 1.82) is 0 Å². The number of likely N-dealkylation sites (tertiary alicyclic amines) is 1. The van der Waals surface area contributed by atoms with Gasteiger partial charge in [0.15, 0.2) is 0 Å². The van der Waals surface area contributed by atoms with E-state index in [1.807, 2.05) is 0 Å². The number of terminal acetylenes is 1. The second-order valence-electron chi connectivity index (χ2n) is 2.86. The molecule has 0 bridgehead atoms. The van der Waals surface area contributed by atoms with E-state index in [4.69, 9.17) is 11.2 Å². The first-order valence-corrected chi connectivity index (χ1v) is 4.09. The molecule has 0 saturated carbocycles. The molecule has 1 unspecified atom stereocenters. The lowest BCUT2D eigenvalue weighted by Gasteiger charge is -2.32. The van der Waals surface area contributed by atoms with Crippen molar-refractivity contribution in [3.63, 3.8) is 0 Å². The minimum Gasteiger partial charge on any atom is -0.366 e. The fourth-order valence-corrected chi connectivity index (χ4v) is 1.53. The van der Waals surface area contributed by atoms with Crippen LogP contribution in [-0.2, 0) is 4.74 Å². The summed E-state index contributed by atoms with van der Waals surface area (Å²) >= 11 is 0. The van der Waals surface area contributed by atoms with Crippen molar-refractivity contribution in [2.75, 3.05) is 20.2 Å². The third-order valence-corrected chi connectivity index (χ3v) is 2.12. The number of hydrogen-bond acceptors (Lipinski definition) is 2. The maximum absolute atomic E-state index is 5.29. The Morgan fingerprint density at radius 1 is 1.64 bits per heavy atom. The average molecular weight is 153 g/mol. The van der Waals surface area contributed by atoms with Gasteiger partial charge in [0.25, 0.3) is 0 Å². The smallest absolute Gasteiger partial charge is 0.110 e. The van der Waals surface area contributed by atoms with Gasteiger partial charge in [-0.05, 0) is 19.3 Å². The first kappa shape index (κ1) is 8.58. The molecule has 11 heavy (non-hydrogen) atoms. The van der Waals surface area contributed by atoms with Crippen LogP contribution >= 0.6 is 0 Å². The highest BCUT2D eigenvalue weighted by Crippen LogP contribution is 2.16. The number of rotatable bonds is 2. The fourth-order valence-electron chi connectivity index (χ4n) is 1.53. The molecule has 0 aromatic rings. The molecule has 0 amide bonds. The topological polar surface area (TPSA) is 12.5 Å². The van der Waals surface area contributed by atoms with Crippen molar-refractivity contribution in [3.8, 4) is 12.3 Å². The minimum absolute atomic E-state index is 0.264. The molecule has 0 spiro atoms. The highest BCUT2D eigenvalue weighted by Gasteiger charge is 2.20. The summed E-state index contributed by atoms with van der Waals surface area (Å²) in [5.74, 6) is 2.65. The van der Waals surface area contributed by atoms with Gasteiger partial charge in [0.1, 0.15) is 6.23 Å². The molecule has 0 aromatic heterocycles. The summed E-state index contributed by atoms with van der Waals surface area (Å²) in [6, 6.07) is 0. The van der Waals surface area contributed by atoms with E-state index in [1.54, 1.807) is 7.11 Å². The maximum Gasteiger partial charge on any atom is 0.110 e. The second-order valence-corrected chi connectivity index (χ2v) is 2.86. The number of hydrogen-bond donors (Lipinski definition) is 0. The van der Waals surface area contributed by atoms with Gasteiger partial charge in [0.05, 0.1) is 6.54 Å². The number of nitrogens with zero attached hydrogens (tertiary/aromatic N) is 1. The highest BCUT2D eigenvalue weighted by molar-refractivity contribution is 4.89. The van der Waals surface area contributed by atoms with E-state index in [1.165, 1.54) is 12.8 Å². The third kappa shape index (κ3) is 2.21. The zero-order valence-electron chi connectivity index (χ0n) is 7.05. The number of methoxy groups -OCH3 is 1. The first-order valence-electron chi connectivity index (χ1n) is 4.09. The van der Waals surface area contributed by atoms with E-state index < -0.39 is 0 Å². The van der Waals surface area contributed by atoms with Gasteiger partial charge in [-0.1, -0.05) is 5.92 Å². The molecule has 1 atom stereocenters. The van der Waals surface area contributed by atoms with Crippen molar-refractivity contribution < 1.29 is 4.74 Å². The molecule has 0 radical (unpaired) electrons. The predicted octanol–water partition coefficient (Wildman–Crippen LogP) is 1.08. The van der Waals surface area contributed by atoms with Gasteiger partial charge < -0.3 is 4.74 Å². The SMILES string of the molecule is C#CCN1CCCCC1OC. The molecular weight excluding hydrogens is 138 g/mol. The summed E-state index contributed by atoms with van der Waals surface area (Å²) in [7, 11) is 1.75. The standard InChI is InChI=1S/C9H15NO/c1-3-7-10-8-5-4-6-9(10)11-2/h1,9H,4-8H2,2H3. The molecule has 62 valence electrons. The second kappa shape index (κ2) is 4.38. The lowest BCUT2D eigenvalue weighted by molar-refractivity contribution is -0.0479. The van der Waals surface area contributed by atoms with Gasteiger partial charge >= 0.3 is 0 Å². The molecule has 1 heterocycles. The highest BCUT2D eigenvalue weighted by atomic mass is 16.5.